The molecule has 0 saturated carbocycles. The molecule has 0 fully saturated rings. The van der Waals surface area contributed by atoms with Crippen LogP contribution < -0.4 is 5.32 Å². The predicted molar refractivity (Wildman–Crippen MR) is 62.2 cm³/mol. The van der Waals surface area contributed by atoms with Crippen molar-refractivity contribution in [2.45, 2.75) is 13.0 Å². The Balaban J connectivity index is 2.11. The van der Waals surface area contributed by atoms with Gasteiger partial charge in [-0.1, -0.05) is 0 Å². The molecule has 1 amide bonds. The molecule has 1 aromatic heterocycles. The molecule has 5 nitrogen and oxygen atoms in total. The second-order valence-electron chi connectivity index (χ2n) is 3.61. The van der Waals surface area contributed by atoms with Crippen LogP contribution in [0.4, 0.5) is 5.69 Å². The highest BCUT2D eigenvalue weighted by molar-refractivity contribution is 5.93. The molecule has 0 spiro atoms. The molecular formula is C12H12N2O3. The molecule has 1 atom stereocenters. The number of aliphatic hydroxyl groups is 1. The number of hydrogen-bond acceptors (Lipinski definition) is 4. The zero-order valence-corrected chi connectivity index (χ0v) is 9.25. The van der Waals surface area contributed by atoms with Gasteiger partial charge in [0.25, 0.3) is 5.91 Å². The zero-order chi connectivity index (χ0) is 12.3. The van der Waals surface area contributed by atoms with E-state index in [0.29, 0.717) is 11.4 Å². The Bertz CT molecular complexity index is 489. The summed E-state index contributed by atoms with van der Waals surface area (Å²) >= 11 is 0. The minimum atomic E-state index is -1.02. The maximum atomic E-state index is 11.2. The van der Waals surface area contributed by atoms with Gasteiger partial charge in [0.2, 0.25) is 0 Å². The molecular weight excluding hydrogens is 220 g/mol. The number of oxazole rings is 1. The van der Waals surface area contributed by atoms with E-state index in [1.54, 1.807) is 30.5 Å². The van der Waals surface area contributed by atoms with Crippen LogP contribution in [0.15, 0.2) is 41.3 Å². The van der Waals surface area contributed by atoms with Crippen molar-refractivity contribution < 1.29 is 14.3 Å². The van der Waals surface area contributed by atoms with Crippen molar-refractivity contribution in [2.24, 2.45) is 0 Å². The third kappa shape index (κ3) is 2.70. The Kier molecular flexibility index (Phi) is 3.20. The van der Waals surface area contributed by atoms with E-state index in [9.17, 15) is 4.79 Å². The molecule has 2 N–H and O–H groups in total. The quantitative estimate of drug-likeness (QED) is 0.843. The molecule has 1 aromatic carbocycles. The summed E-state index contributed by atoms with van der Waals surface area (Å²) in [7, 11) is 0. The normalized spacial score (nSPS) is 12.1. The van der Waals surface area contributed by atoms with Crippen molar-refractivity contribution in [1.29, 1.82) is 0 Å². The van der Waals surface area contributed by atoms with Crippen LogP contribution in [0.1, 0.15) is 6.92 Å². The molecule has 1 heterocycles. The van der Waals surface area contributed by atoms with E-state index >= 15 is 0 Å². The van der Waals surface area contributed by atoms with E-state index in [1.807, 2.05) is 0 Å². The fourth-order valence-electron chi connectivity index (χ4n) is 1.32. The van der Waals surface area contributed by atoms with E-state index in [4.69, 9.17) is 9.52 Å². The van der Waals surface area contributed by atoms with Crippen LogP contribution >= 0.6 is 0 Å². The largest absolute Gasteiger partial charge is 0.444 e. The van der Waals surface area contributed by atoms with Gasteiger partial charge in [0, 0.05) is 11.3 Å². The minimum absolute atomic E-state index is 0.433. The molecule has 0 saturated heterocycles. The number of benzene rings is 1. The summed E-state index contributed by atoms with van der Waals surface area (Å²) < 4.78 is 5.14. The number of nitrogens with zero attached hydrogens (tertiary/aromatic N) is 1. The van der Waals surface area contributed by atoms with Crippen molar-refractivity contribution in [3.05, 3.63) is 36.9 Å². The molecule has 0 aliphatic rings. The average Bonchev–Trinajstić information content (AvgIpc) is 2.83. The van der Waals surface area contributed by atoms with Gasteiger partial charge < -0.3 is 14.8 Å². The summed E-state index contributed by atoms with van der Waals surface area (Å²) in [6, 6.07) is 7.08. The molecule has 0 aliphatic heterocycles. The maximum absolute atomic E-state index is 11.2. The summed E-state index contributed by atoms with van der Waals surface area (Å²) in [4.78, 5) is 15.1. The zero-order valence-electron chi connectivity index (χ0n) is 9.25. The smallest absolute Gasteiger partial charge is 0.252 e. The Morgan fingerprint density at radius 2 is 2.12 bits per heavy atom. The van der Waals surface area contributed by atoms with Gasteiger partial charge in [-0.15, -0.1) is 0 Å². The van der Waals surface area contributed by atoms with Crippen LogP contribution in [0.5, 0.6) is 0 Å². The highest BCUT2D eigenvalue weighted by atomic mass is 16.3. The Labute approximate surface area is 98.1 Å². The van der Waals surface area contributed by atoms with E-state index in [2.05, 4.69) is 10.3 Å². The molecule has 5 heteroatoms. The molecule has 2 rings (SSSR count). The lowest BCUT2D eigenvalue weighted by molar-refractivity contribution is -0.123. The number of rotatable bonds is 3. The van der Waals surface area contributed by atoms with Gasteiger partial charge in [-0.3, -0.25) is 4.79 Å². The van der Waals surface area contributed by atoms with E-state index in [0.717, 1.165) is 5.56 Å². The molecule has 1 unspecified atom stereocenters. The lowest BCUT2D eigenvalue weighted by Crippen LogP contribution is -2.24. The third-order valence-corrected chi connectivity index (χ3v) is 2.25. The summed E-state index contributed by atoms with van der Waals surface area (Å²) in [6.07, 6.45) is 1.95. The van der Waals surface area contributed by atoms with Gasteiger partial charge in [0.15, 0.2) is 12.2 Å². The SMILES string of the molecule is CC(O)C(=O)Nc1ccc(-c2cnco2)cc1. The summed E-state index contributed by atoms with van der Waals surface area (Å²) in [5, 5.41) is 11.6. The predicted octanol–water partition coefficient (Wildman–Crippen LogP) is 1.66. The monoisotopic (exact) mass is 232 g/mol. The number of aliphatic hydroxyl groups excluding tert-OH is 1. The second kappa shape index (κ2) is 4.80. The van der Waals surface area contributed by atoms with Crippen molar-refractivity contribution in [3.8, 4) is 11.3 Å². The fourth-order valence-corrected chi connectivity index (χ4v) is 1.32. The summed E-state index contributed by atoms with van der Waals surface area (Å²) in [6.45, 7) is 1.41. The lowest BCUT2D eigenvalue weighted by atomic mass is 10.1. The van der Waals surface area contributed by atoms with E-state index < -0.39 is 12.0 Å². The highest BCUT2D eigenvalue weighted by Gasteiger charge is 2.08. The Morgan fingerprint density at radius 3 is 2.65 bits per heavy atom. The van der Waals surface area contributed by atoms with Gasteiger partial charge in [-0.25, -0.2) is 4.98 Å². The number of hydrogen-bond donors (Lipinski definition) is 2. The Morgan fingerprint density at radius 1 is 1.41 bits per heavy atom. The number of anilines is 1. The Hall–Kier alpha value is -2.14. The third-order valence-electron chi connectivity index (χ3n) is 2.25. The van der Waals surface area contributed by atoms with Gasteiger partial charge >= 0.3 is 0 Å². The summed E-state index contributed by atoms with van der Waals surface area (Å²) in [5.74, 6) is 0.232. The first-order valence-electron chi connectivity index (χ1n) is 5.14. The highest BCUT2D eigenvalue weighted by Crippen LogP contribution is 2.20. The molecule has 88 valence electrons. The standard InChI is InChI=1S/C12H12N2O3/c1-8(15)12(16)14-10-4-2-9(3-5-10)11-6-13-7-17-11/h2-8,15H,1H3,(H,14,16). The first kappa shape index (κ1) is 11.3. The van der Waals surface area contributed by atoms with Gasteiger partial charge in [0.1, 0.15) is 6.10 Å². The van der Waals surface area contributed by atoms with Crippen LogP contribution in [-0.2, 0) is 4.79 Å². The molecule has 17 heavy (non-hydrogen) atoms. The van der Waals surface area contributed by atoms with Gasteiger partial charge in [-0.05, 0) is 31.2 Å². The van der Waals surface area contributed by atoms with E-state index in [1.165, 1.54) is 13.3 Å². The van der Waals surface area contributed by atoms with E-state index in [-0.39, 0.29) is 0 Å². The van der Waals surface area contributed by atoms with Crippen molar-refractivity contribution in [3.63, 3.8) is 0 Å². The van der Waals surface area contributed by atoms with Crippen molar-refractivity contribution >= 4 is 11.6 Å². The van der Waals surface area contributed by atoms with Crippen LogP contribution in [0.3, 0.4) is 0 Å². The topological polar surface area (TPSA) is 75.4 Å². The maximum Gasteiger partial charge on any atom is 0.252 e. The lowest BCUT2D eigenvalue weighted by Gasteiger charge is -2.07. The first-order valence-corrected chi connectivity index (χ1v) is 5.14. The molecule has 0 aliphatic carbocycles. The molecule has 0 bridgehead atoms. The summed E-state index contributed by atoms with van der Waals surface area (Å²) in [5.41, 5.74) is 1.50. The van der Waals surface area contributed by atoms with Crippen LogP contribution in [0.2, 0.25) is 0 Å². The van der Waals surface area contributed by atoms with Crippen LogP contribution in [0, 0.1) is 0 Å². The van der Waals surface area contributed by atoms with Crippen molar-refractivity contribution in [1.82, 2.24) is 4.98 Å². The van der Waals surface area contributed by atoms with Crippen molar-refractivity contribution in [2.75, 3.05) is 5.32 Å². The second-order valence-corrected chi connectivity index (χ2v) is 3.61. The number of amides is 1. The first-order chi connectivity index (χ1) is 8.16. The van der Waals surface area contributed by atoms with Gasteiger partial charge in [-0.2, -0.15) is 0 Å². The number of carbonyl (C=O) groups is 1. The average molecular weight is 232 g/mol. The molecule has 0 radical (unpaired) electrons. The van der Waals surface area contributed by atoms with Crippen LogP contribution in [-0.4, -0.2) is 22.1 Å². The minimum Gasteiger partial charge on any atom is -0.444 e. The number of aromatic nitrogens is 1. The molecule has 2 aromatic rings. The van der Waals surface area contributed by atoms with Gasteiger partial charge in [0.05, 0.1) is 6.20 Å². The van der Waals surface area contributed by atoms with Crippen LogP contribution in [0.25, 0.3) is 11.3 Å². The number of carbonyl (C=O) groups excluding carboxylic acids is 1. The fraction of sp³-hybridized carbons (Fsp3) is 0.167. The number of nitrogens with one attached hydrogen (secondary N) is 1.